The zero-order valence-corrected chi connectivity index (χ0v) is 10.7. The fourth-order valence-electron chi connectivity index (χ4n) is 1.74. The number of aryl methyl sites for hydroxylation is 2. The zero-order chi connectivity index (χ0) is 13.1. The molecule has 0 saturated carbocycles. The molecule has 0 saturated heterocycles. The van der Waals surface area contributed by atoms with Crippen molar-refractivity contribution in [3.8, 4) is 5.69 Å². The predicted octanol–water partition coefficient (Wildman–Crippen LogP) is 2.85. The lowest BCUT2D eigenvalue weighted by atomic mass is 10.1. The third kappa shape index (κ3) is 2.71. The molecule has 2 rings (SSSR count). The molecule has 4 nitrogen and oxygen atoms in total. The highest BCUT2D eigenvalue weighted by atomic mass is 35.5. The van der Waals surface area contributed by atoms with Crippen molar-refractivity contribution in [2.45, 2.75) is 19.8 Å². The Labute approximate surface area is 110 Å². The van der Waals surface area contributed by atoms with Gasteiger partial charge in [0, 0.05) is 12.6 Å². The van der Waals surface area contributed by atoms with Crippen LogP contribution in [0, 0.1) is 6.92 Å². The van der Waals surface area contributed by atoms with E-state index in [-0.39, 0.29) is 6.42 Å². The SMILES string of the molecule is Cc1nn(-c2ccccc2Cl)cc1CCC(=O)O. The second-order valence-corrected chi connectivity index (χ2v) is 4.44. The van der Waals surface area contributed by atoms with Crippen molar-refractivity contribution in [2.75, 3.05) is 0 Å². The van der Waals surface area contributed by atoms with Crippen molar-refractivity contribution >= 4 is 17.6 Å². The Morgan fingerprint density at radius 2 is 2.17 bits per heavy atom. The van der Waals surface area contributed by atoms with Crippen molar-refractivity contribution in [1.29, 1.82) is 0 Å². The summed E-state index contributed by atoms with van der Waals surface area (Å²) < 4.78 is 1.69. The molecule has 0 amide bonds. The summed E-state index contributed by atoms with van der Waals surface area (Å²) in [5.41, 5.74) is 2.55. The van der Waals surface area contributed by atoms with Gasteiger partial charge in [0.05, 0.1) is 16.4 Å². The predicted molar refractivity (Wildman–Crippen MR) is 69.3 cm³/mol. The molecule has 0 aliphatic carbocycles. The van der Waals surface area contributed by atoms with E-state index in [1.807, 2.05) is 31.3 Å². The first-order valence-electron chi connectivity index (χ1n) is 5.60. The number of carboxylic acid groups (broad SMARTS) is 1. The van der Waals surface area contributed by atoms with Gasteiger partial charge in [0.15, 0.2) is 0 Å². The minimum Gasteiger partial charge on any atom is -0.481 e. The molecule has 1 aromatic carbocycles. The fraction of sp³-hybridized carbons (Fsp3) is 0.231. The van der Waals surface area contributed by atoms with Crippen LogP contribution in [0.25, 0.3) is 5.69 Å². The molecular weight excluding hydrogens is 252 g/mol. The summed E-state index contributed by atoms with van der Waals surface area (Å²) in [4.78, 5) is 10.6. The van der Waals surface area contributed by atoms with E-state index in [1.165, 1.54) is 0 Å². The Morgan fingerprint density at radius 3 is 2.83 bits per heavy atom. The average molecular weight is 265 g/mol. The molecule has 1 heterocycles. The quantitative estimate of drug-likeness (QED) is 0.924. The number of carboxylic acids is 1. The maximum atomic E-state index is 10.6. The van der Waals surface area contributed by atoms with E-state index < -0.39 is 5.97 Å². The molecule has 0 radical (unpaired) electrons. The number of aromatic nitrogens is 2. The van der Waals surface area contributed by atoms with Crippen LogP contribution >= 0.6 is 11.6 Å². The second-order valence-electron chi connectivity index (χ2n) is 4.03. The number of hydrogen-bond donors (Lipinski definition) is 1. The van der Waals surface area contributed by atoms with Crippen molar-refractivity contribution < 1.29 is 9.90 Å². The number of rotatable bonds is 4. The van der Waals surface area contributed by atoms with E-state index in [2.05, 4.69) is 5.10 Å². The van der Waals surface area contributed by atoms with Crippen molar-refractivity contribution in [2.24, 2.45) is 0 Å². The number of hydrogen-bond acceptors (Lipinski definition) is 2. The van der Waals surface area contributed by atoms with Gasteiger partial charge in [0.1, 0.15) is 0 Å². The largest absolute Gasteiger partial charge is 0.481 e. The van der Waals surface area contributed by atoms with Crippen LogP contribution in [0.4, 0.5) is 0 Å². The van der Waals surface area contributed by atoms with E-state index in [0.29, 0.717) is 11.4 Å². The number of carbonyl (C=O) groups is 1. The highest BCUT2D eigenvalue weighted by molar-refractivity contribution is 6.32. The molecule has 0 fully saturated rings. The molecule has 1 N–H and O–H groups in total. The van der Waals surface area contributed by atoms with Gasteiger partial charge in [0.2, 0.25) is 0 Å². The maximum Gasteiger partial charge on any atom is 0.303 e. The third-order valence-corrected chi connectivity index (χ3v) is 3.03. The molecule has 1 aromatic heterocycles. The minimum absolute atomic E-state index is 0.106. The smallest absolute Gasteiger partial charge is 0.303 e. The van der Waals surface area contributed by atoms with Gasteiger partial charge in [-0.15, -0.1) is 0 Å². The normalized spacial score (nSPS) is 10.6. The number of benzene rings is 1. The van der Waals surface area contributed by atoms with Crippen LogP contribution in [-0.2, 0) is 11.2 Å². The second kappa shape index (κ2) is 5.23. The number of para-hydroxylation sites is 1. The van der Waals surface area contributed by atoms with E-state index >= 15 is 0 Å². The van der Waals surface area contributed by atoms with Gasteiger partial charge in [0.25, 0.3) is 0 Å². The van der Waals surface area contributed by atoms with E-state index in [1.54, 1.807) is 10.7 Å². The summed E-state index contributed by atoms with van der Waals surface area (Å²) in [5, 5.41) is 13.7. The van der Waals surface area contributed by atoms with Gasteiger partial charge in [-0.1, -0.05) is 23.7 Å². The van der Waals surface area contributed by atoms with Gasteiger partial charge in [-0.25, -0.2) is 4.68 Å². The topological polar surface area (TPSA) is 55.1 Å². The lowest BCUT2D eigenvalue weighted by molar-refractivity contribution is -0.136. The molecule has 0 unspecified atom stereocenters. The Balaban J connectivity index is 2.29. The molecule has 2 aromatic rings. The summed E-state index contributed by atoms with van der Waals surface area (Å²) in [6.07, 6.45) is 2.42. The highest BCUT2D eigenvalue weighted by Gasteiger charge is 2.09. The van der Waals surface area contributed by atoms with E-state index in [9.17, 15) is 4.79 Å². The number of halogens is 1. The first-order chi connectivity index (χ1) is 8.58. The third-order valence-electron chi connectivity index (χ3n) is 2.71. The van der Waals surface area contributed by atoms with Gasteiger partial charge in [-0.3, -0.25) is 4.79 Å². The summed E-state index contributed by atoms with van der Waals surface area (Å²) in [6.45, 7) is 1.87. The first-order valence-corrected chi connectivity index (χ1v) is 5.97. The Kier molecular flexibility index (Phi) is 3.67. The van der Waals surface area contributed by atoms with Crippen LogP contribution in [0.2, 0.25) is 5.02 Å². The van der Waals surface area contributed by atoms with Gasteiger partial charge in [-0.05, 0) is 31.0 Å². The molecule has 94 valence electrons. The van der Waals surface area contributed by atoms with Crippen molar-refractivity contribution in [3.63, 3.8) is 0 Å². The van der Waals surface area contributed by atoms with Crippen LogP contribution in [-0.4, -0.2) is 20.9 Å². The summed E-state index contributed by atoms with van der Waals surface area (Å²) in [5.74, 6) is -0.806. The Morgan fingerprint density at radius 1 is 1.44 bits per heavy atom. The standard InChI is InChI=1S/C13H13ClN2O2/c1-9-10(6-7-13(17)18)8-16(15-9)12-5-3-2-4-11(12)14/h2-5,8H,6-7H2,1H3,(H,17,18). The molecule has 0 aliphatic heterocycles. The van der Waals surface area contributed by atoms with Gasteiger partial charge < -0.3 is 5.11 Å². The van der Waals surface area contributed by atoms with Crippen LogP contribution in [0.5, 0.6) is 0 Å². The van der Waals surface area contributed by atoms with Crippen molar-refractivity contribution in [3.05, 3.63) is 46.7 Å². The lowest BCUT2D eigenvalue weighted by Gasteiger charge is -2.02. The van der Waals surface area contributed by atoms with Gasteiger partial charge >= 0.3 is 5.97 Å². The highest BCUT2D eigenvalue weighted by Crippen LogP contribution is 2.20. The molecular formula is C13H13ClN2O2. The molecule has 0 spiro atoms. The monoisotopic (exact) mass is 264 g/mol. The number of aliphatic carboxylic acids is 1. The molecule has 0 aliphatic rings. The average Bonchev–Trinajstić information content (AvgIpc) is 2.68. The number of nitrogens with zero attached hydrogens (tertiary/aromatic N) is 2. The Bertz CT molecular complexity index is 578. The van der Waals surface area contributed by atoms with Gasteiger partial charge in [-0.2, -0.15) is 5.10 Å². The van der Waals surface area contributed by atoms with Crippen LogP contribution in [0.15, 0.2) is 30.5 Å². The van der Waals surface area contributed by atoms with Crippen molar-refractivity contribution in [1.82, 2.24) is 9.78 Å². The fourth-order valence-corrected chi connectivity index (χ4v) is 1.97. The zero-order valence-electron chi connectivity index (χ0n) is 9.93. The summed E-state index contributed by atoms with van der Waals surface area (Å²) >= 11 is 6.09. The first kappa shape index (κ1) is 12.6. The summed E-state index contributed by atoms with van der Waals surface area (Å²) in [7, 11) is 0. The minimum atomic E-state index is -0.806. The van der Waals surface area contributed by atoms with Crippen LogP contribution < -0.4 is 0 Å². The summed E-state index contributed by atoms with van der Waals surface area (Å²) in [6, 6.07) is 7.41. The molecule has 5 heteroatoms. The van der Waals surface area contributed by atoms with Crippen LogP contribution in [0.1, 0.15) is 17.7 Å². The molecule has 0 atom stereocenters. The molecule has 18 heavy (non-hydrogen) atoms. The maximum absolute atomic E-state index is 10.6. The van der Waals surface area contributed by atoms with E-state index in [0.717, 1.165) is 16.9 Å². The molecule has 0 bridgehead atoms. The Hall–Kier alpha value is -1.81. The van der Waals surface area contributed by atoms with Crippen LogP contribution in [0.3, 0.4) is 0 Å². The van der Waals surface area contributed by atoms with E-state index in [4.69, 9.17) is 16.7 Å². The lowest BCUT2D eigenvalue weighted by Crippen LogP contribution is -1.97.